The van der Waals surface area contributed by atoms with Crippen molar-refractivity contribution in [3.63, 3.8) is 0 Å². The summed E-state index contributed by atoms with van der Waals surface area (Å²) in [7, 11) is 0. The Morgan fingerprint density at radius 2 is 1.94 bits per heavy atom. The smallest absolute Gasteiger partial charge is 0.397 e. The maximum absolute atomic E-state index is 12.7. The number of nitrogens with two attached hydrogens (primary N) is 1. The second kappa shape index (κ2) is 3.76. The van der Waals surface area contributed by atoms with Gasteiger partial charge in [-0.15, -0.1) is 0 Å². The molecule has 0 saturated heterocycles. The van der Waals surface area contributed by atoms with E-state index < -0.39 is 11.7 Å². The Morgan fingerprint density at radius 3 is 2.56 bits per heavy atom. The molecule has 1 aromatic heterocycles. The zero-order valence-corrected chi connectivity index (χ0v) is 10.0. The van der Waals surface area contributed by atoms with E-state index in [1.54, 1.807) is 0 Å². The zero-order chi connectivity index (χ0) is 11.9. The van der Waals surface area contributed by atoms with Crippen molar-refractivity contribution in [3.05, 3.63) is 33.5 Å². The molecule has 2 N–H and O–H groups in total. The molecule has 2 rings (SSSR count). The van der Waals surface area contributed by atoms with Crippen molar-refractivity contribution in [2.75, 3.05) is 5.73 Å². The van der Waals surface area contributed by atoms with E-state index in [0.29, 0.717) is 14.6 Å². The molecule has 0 amide bonds. The number of hydrogen-bond donors (Lipinski definition) is 1. The van der Waals surface area contributed by atoms with E-state index in [9.17, 15) is 13.2 Å². The molecule has 0 fully saturated rings. The lowest BCUT2D eigenvalue weighted by molar-refractivity contribution is -0.136. The number of pyridine rings is 1. The number of hydrogen-bond acceptors (Lipinski definition) is 2. The Labute approximate surface area is 103 Å². The molecule has 84 valence electrons. The van der Waals surface area contributed by atoms with Gasteiger partial charge in [-0.25, -0.2) is 0 Å². The Balaban J connectivity index is 2.85. The average Bonchev–Trinajstić information content (AvgIpc) is 2.21. The van der Waals surface area contributed by atoms with E-state index in [2.05, 4.69) is 4.98 Å². The van der Waals surface area contributed by atoms with Crippen LogP contribution in [0.3, 0.4) is 0 Å². The fourth-order valence-electron chi connectivity index (χ4n) is 1.45. The minimum absolute atomic E-state index is 0.104. The van der Waals surface area contributed by atoms with E-state index in [1.807, 2.05) is 22.6 Å². The lowest BCUT2D eigenvalue weighted by Crippen LogP contribution is -2.07. The second-order valence-electron chi connectivity index (χ2n) is 3.22. The van der Waals surface area contributed by atoms with Gasteiger partial charge in [0.1, 0.15) is 0 Å². The van der Waals surface area contributed by atoms with Crippen molar-refractivity contribution in [1.82, 2.24) is 4.98 Å². The fraction of sp³-hybridized carbons (Fsp3) is 0.100. The lowest BCUT2D eigenvalue weighted by atomic mass is 10.1. The molecule has 0 spiro atoms. The van der Waals surface area contributed by atoms with E-state index in [-0.39, 0.29) is 5.52 Å². The van der Waals surface area contributed by atoms with Gasteiger partial charge < -0.3 is 5.73 Å². The number of alkyl halides is 3. The number of nitrogen functional groups attached to an aromatic ring is 1. The number of aromatic nitrogens is 1. The largest absolute Gasteiger partial charge is 0.418 e. The third kappa shape index (κ3) is 1.81. The van der Waals surface area contributed by atoms with Crippen molar-refractivity contribution in [2.24, 2.45) is 0 Å². The lowest BCUT2D eigenvalue weighted by Gasteiger charge is -2.11. The van der Waals surface area contributed by atoms with Crippen LogP contribution in [0.2, 0.25) is 0 Å². The third-order valence-electron chi connectivity index (χ3n) is 2.20. The molecule has 0 aliphatic rings. The molecular weight excluding hydrogens is 332 g/mol. The van der Waals surface area contributed by atoms with Gasteiger partial charge in [0.25, 0.3) is 0 Å². The summed E-state index contributed by atoms with van der Waals surface area (Å²) in [5, 5.41) is 0.335. The summed E-state index contributed by atoms with van der Waals surface area (Å²) in [6.07, 6.45) is -3.07. The van der Waals surface area contributed by atoms with Gasteiger partial charge in [-0.2, -0.15) is 13.2 Å². The maximum atomic E-state index is 12.7. The number of anilines is 1. The van der Waals surface area contributed by atoms with Gasteiger partial charge >= 0.3 is 6.18 Å². The van der Waals surface area contributed by atoms with E-state index in [1.165, 1.54) is 18.3 Å². The predicted octanol–water partition coefficient (Wildman–Crippen LogP) is 3.44. The summed E-state index contributed by atoms with van der Waals surface area (Å²) >= 11 is 1.94. The third-order valence-corrected chi connectivity index (χ3v) is 3.06. The Hall–Kier alpha value is -1.05. The van der Waals surface area contributed by atoms with Crippen LogP contribution in [0.25, 0.3) is 10.9 Å². The number of halogens is 4. The van der Waals surface area contributed by atoms with Crippen LogP contribution < -0.4 is 5.73 Å². The van der Waals surface area contributed by atoms with E-state index in [4.69, 9.17) is 5.73 Å². The molecule has 0 unspecified atom stereocenters. The first-order valence-corrected chi connectivity index (χ1v) is 5.39. The van der Waals surface area contributed by atoms with Crippen LogP contribution in [0.5, 0.6) is 0 Å². The summed E-state index contributed by atoms with van der Waals surface area (Å²) in [6.45, 7) is 0. The average molecular weight is 338 g/mol. The van der Waals surface area contributed by atoms with Gasteiger partial charge in [0, 0.05) is 11.6 Å². The first-order valence-electron chi connectivity index (χ1n) is 4.31. The maximum Gasteiger partial charge on any atom is 0.418 e. The molecule has 0 aliphatic carbocycles. The van der Waals surface area contributed by atoms with Gasteiger partial charge in [0.05, 0.1) is 20.3 Å². The van der Waals surface area contributed by atoms with Crippen molar-refractivity contribution in [3.8, 4) is 0 Å². The van der Waals surface area contributed by atoms with Crippen LogP contribution in [0.4, 0.5) is 18.9 Å². The summed E-state index contributed by atoms with van der Waals surface area (Å²) < 4.78 is 38.6. The summed E-state index contributed by atoms with van der Waals surface area (Å²) in [4.78, 5) is 3.80. The van der Waals surface area contributed by atoms with Crippen molar-refractivity contribution in [2.45, 2.75) is 6.18 Å². The standard InChI is InChI=1S/C10H6F3IN2/c11-10(12,13)6-3-1-2-5-8(15)7(14)4-16-9(5)6/h1-4H,(H2,15,16). The summed E-state index contributed by atoms with van der Waals surface area (Å²) in [6, 6.07) is 3.87. The van der Waals surface area contributed by atoms with Gasteiger partial charge in [0.15, 0.2) is 0 Å². The number of nitrogens with zero attached hydrogens (tertiary/aromatic N) is 1. The molecule has 16 heavy (non-hydrogen) atoms. The summed E-state index contributed by atoms with van der Waals surface area (Å²) in [5.74, 6) is 0. The minimum Gasteiger partial charge on any atom is -0.397 e. The molecule has 0 radical (unpaired) electrons. The molecule has 0 bridgehead atoms. The molecule has 1 aromatic carbocycles. The Bertz CT molecular complexity index is 551. The van der Waals surface area contributed by atoms with E-state index in [0.717, 1.165) is 6.07 Å². The van der Waals surface area contributed by atoms with Crippen LogP contribution in [-0.2, 0) is 6.18 Å². The van der Waals surface area contributed by atoms with Crippen LogP contribution in [0.15, 0.2) is 24.4 Å². The van der Waals surface area contributed by atoms with Crippen molar-refractivity contribution >= 4 is 39.2 Å². The molecule has 0 aliphatic heterocycles. The molecule has 2 aromatic rings. The topological polar surface area (TPSA) is 38.9 Å². The first-order chi connectivity index (χ1) is 7.41. The highest BCUT2D eigenvalue weighted by Gasteiger charge is 2.33. The number of para-hydroxylation sites is 1. The normalized spacial score (nSPS) is 12.0. The number of fused-ring (bicyclic) bond motifs is 1. The quantitative estimate of drug-likeness (QED) is 0.748. The molecule has 1 heterocycles. The highest BCUT2D eigenvalue weighted by Crippen LogP contribution is 2.35. The van der Waals surface area contributed by atoms with Crippen LogP contribution in [-0.4, -0.2) is 4.98 Å². The van der Waals surface area contributed by atoms with Crippen molar-refractivity contribution < 1.29 is 13.2 Å². The van der Waals surface area contributed by atoms with Crippen LogP contribution in [0.1, 0.15) is 5.56 Å². The Kier molecular flexibility index (Phi) is 2.69. The highest BCUT2D eigenvalue weighted by atomic mass is 127. The second-order valence-corrected chi connectivity index (χ2v) is 4.38. The Morgan fingerprint density at radius 1 is 1.25 bits per heavy atom. The first kappa shape index (κ1) is 11.4. The molecule has 0 saturated carbocycles. The van der Waals surface area contributed by atoms with E-state index >= 15 is 0 Å². The van der Waals surface area contributed by atoms with Crippen LogP contribution >= 0.6 is 22.6 Å². The monoisotopic (exact) mass is 338 g/mol. The molecule has 6 heteroatoms. The predicted molar refractivity (Wildman–Crippen MR) is 63.9 cm³/mol. The molecule has 0 atom stereocenters. The van der Waals surface area contributed by atoms with Gasteiger partial charge in [0.2, 0.25) is 0 Å². The summed E-state index contributed by atoms with van der Waals surface area (Å²) in [5.41, 5.74) is 5.19. The van der Waals surface area contributed by atoms with Gasteiger partial charge in [-0.3, -0.25) is 4.98 Å². The zero-order valence-electron chi connectivity index (χ0n) is 7.85. The van der Waals surface area contributed by atoms with Crippen LogP contribution in [0, 0.1) is 3.57 Å². The molecule has 2 nitrogen and oxygen atoms in total. The SMILES string of the molecule is Nc1c(I)cnc2c(C(F)(F)F)cccc12. The molecular formula is C10H6F3IN2. The highest BCUT2D eigenvalue weighted by molar-refractivity contribution is 14.1. The van der Waals surface area contributed by atoms with Gasteiger partial charge in [-0.1, -0.05) is 12.1 Å². The number of rotatable bonds is 0. The number of benzene rings is 1. The van der Waals surface area contributed by atoms with Gasteiger partial charge in [-0.05, 0) is 28.7 Å². The fourth-order valence-corrected chi connectivity index (χ4v) is 1.88. The van der Waals surface area contributed by atoms with Crippen molar-refractivity contribution in [1.29, 1.82) is 0 Å². The minimum atomic E-state index is -4.41.